The van der Waals surface area contributed by atoms with E-state index in [9.17, 15) is 4.79 Å². The second kappa shape index (κ2) is 8.98. The summed E-state index contributed by atoms with van der Waals surface area (Å²) in [6.45, 7) is 7.96. The van der Waals surface area contributed by atoms with E-state index in [1.54, 1.807) is 0 Å². The van der Waals surface area contributed by atoms with Gasteiger partial charge in [0.25, 0.3) is 0 Å². The predicted octanol–water partition coefficient (Wildman–Crippen LogP) is 1.94. The Bertz CT molecular complexity index is 475. The molecule has 5 nitrogen and oxygen atoms in total. The molecule has 1 aromatic rings. The Morgan fingerprint density at radius 1 is 1.33 bits per heavy atom. The molecule has 1 unspecified atom stereocenters. The third-order valence-electron chi connectivity index (χ3n) is 3.28. The lowest BCUT2D eigenvalue weighted by molar-refractivity contribution is -0.132. The number of likely N-dealkylation sites (N-methyl/N-ethyl adjacent to an activating group) is 1. The molecule has 1 N–H and O–H groups in total. The van der Waals surface area contributed by atoms with Gasteiger partial charge in [0.15, 0.2) is 6.61 Å². The first-order valence-electron chi connectivity index (χ1n) is 7.23. The number of nitrogens with zero attached hydrogens (tertiary/aromatic N) is 2. The molecule has 5 heteroatoms. The number of nitriles is 1. The van der Waals surface area contributed by atoms with Crippen LogP contribution in [-0.4, -0.2) is 36.5 Å². The second-order valence-electron chi connectivity index (χ2n) is 4.70. The van der Waals surface area contributed by atoms with Crippen LogP contribution in [0.3, 0.4) is 0 Å². The molecule has 0 aliphatic rings. The maximum Gasteiger partial charge on any atom is 0.239 e. The minimum absolute atomic E-state index is 0.0486. The normalized spacial score (nSPS) is 11.5. The number of ether oxygens (including phenoxy) is 1. The van der Waals surface area contributed by atoms with Gasteiger partial charge in [-0.3, -0.25) is 4.79 Å². The van der Waals surface area contributed by atoms with Gasteiger partial charge in [0.2, 0.25) is 5.91 Å². The van der Waals surface area contributed by atoms with Crippen LogP contribution in [0.5, 0.6) is 5.75 Å². The van der Waals surface area contributed by atoms with Crippen molar-refractivity contribution in [2.75, 3.05) is 19.7 Å². The third kappa shape index (κ3) is 5.44. The molecule has 1 aromatic carbocycles. The number of hydrogen-bond acceptors (Lipinski definition) is 4. The number of carbonyl (C=O) groups is 1. The van der Waals surface area contributed by atoms with E-state index < -0.39 is 0 Å². The fraction of sp³-hybridized carbons (Fsp3) is 0.500. The van der Waals surface area contributed by atoms with Crippen molar-refractivity contribution in [3.05, 3.63) is 29.8 Å². The minimum Gasteiger partial charge on any atom is -0.479 e. The van der Waals surface area contributed by atoms with Crippen molar-refractivity contribution in [1.29, 1.82) is 5.26 Å². The molecule has 0 fully saturated rings. The zero-order valence-electron chi connectivity index (χ0n) is 12.9. The molecule has 0 saturated carbocycles. The Morgan fingerprint density at radius 3 is 2.48 bits per heavy atom. The Hall–Kier alpha value is -2.06. The average molecular weight is 289 g/mol. The molecule has 1 amide bonds. The van der Waals surface area contributed by atoms with E-state index in [1.165, 1.54) is 0 Å². The van der Waals surface area contributed by atoms with Gasteiger partial charge < -0.3 is 15.0 Å². The molecule has 0 aliphatic carbocycles. The SMILES string of the molecule is CCN(CC)C(=O)C(C)NCc1ccc(OCC#N)cc1. The van der Waals surface area contributed by atoms with E-state index in [0.717, 1.165) is 18.7 Å². The maximum absolute atomic E-state index is 12.1. The summed E-state index contributed by atoms with van der Waals surface area (Å²) in [6, 6.07) is 9.22. The number of carbonyl (C=O) groups excluding carboxylic acids is 1. The third-order valence-corrected chi connectivity index (χ3v) is 3.28. The highest BCUT2D eigenvalue weighted by atomic mass is 16.5. The molecule has 1 atom stereocenters. The fourth-order valence-corrected chi connectivity index (χ4v) is 1.99. The molecule has 21 heavy (non-hydrogen) atoms. The summed E-state index contributed by atoms with van der Waals surface area (Å²) in [4.78, 5) is 13.9. The van der Waals surface area contributed by atoms with E-state index in [0.29, 0.717) is 12.3 Å². The van der Waals surface area contributed by atoms with E-state index >= 15 is 0 Å². The fourth-order valence-electron chi connectivity index (χ4n) is 1.99. The molecule has 0 heterocycles. The van der Waals surface area contributed by atoms with Gasteiger partial charge in [-0.15, -0.1) is 0 Å². The van der Waals surface area contributed by atoms with Crippen molar-refractivity contribution in [1.82, 2.24) is 10.2 Å². The first-order chi connectivity index (χ1) is 10.1. The summed E-state index contributed by atoms with van der Waals surface area (Å²) in [5.41, 5.74) is 1.07. The van der Waals surface area contributed by atoms with Gasteiger partial charge in [-0.25, -0.2) is 0 Å². The van der Waals surface area contributed by atoms with Crippen molar-refractivity contribution in [3.63, 3.8) is 0 Å². The summed E-state index contributed by atoms with van der Waals surface area (Å²) < 4.78 is 5.19. The van der Waals surface area contributed by atoms with Crippen molar-refractivity contribution < 1.29 is 9.53 Å². The molecule has 0 spiro atoms. The van der Waals surface area contributed by atoms with Gasteiger partial charge in [-0.1, -0.05) is 12.1 Å². The van der Waals surface area contributed by atoms with Crippen LogP contribution < -0.4 is 10.1 Å². The molecule has 0 saturated heterocycles. The highest BCUT2D eigenvalue weighted by molar-refractivity contribution is 5.81. The zero-order chi connectivity index (χ0) is 15.7. The van der Waals surface area contributed by atoms with Crippen LogP contribution in [0.25, 0.3) is 0 Å². The standard InChI is InChI=1S/C16H23N3O2/c1-4-19(5-2)16(20)13(3)18-12-14-6-8-15(9-7-14)21-11-10-17/h6-9,13,18H,4-5,11-12H2,1-3H3. The minimum atomic E-state index is -0.209. The molecule has 0 bridgehead atoms. The Kier molecular flexibility index (Phi) is 7.27. The number of nitrogens with one attached hydrogen (secondary N) is 1. The van der Waals surface area contributed by atoms with Crippen molar-refractivity contribution >= 4 is 5.91 Å². The van der Waals surface area contributed by atoms with Crippen molar-refractivity contribution in [3.8, 4) is 11.8 Å². The molecule has 0 aliphatic heterocycles. The molecule has 0 radical (unpaired) electrons. The number of benzene rings is 1. The van der Waals surface area contributed by atoms with Crippen LogP contribution in [0.1, 0.15) is 26.3 Å². The predicted molar refractivity (Wildman–Crippen MR) is 81.8 cm³/mol. The molecule has 114 valence electrons. The lowest BCUT2D eigenvalue weighted by Gasteiger charge is -2.23. The van der Waals surface area contributed by atoms with Gasteiger partial charge in [0.1, 0.15) is 11.8 Å². The second-order valence-corrected chi connectivity index (χ2v) is 4.70. The van der Waals surface area contributed by atoms with Crippen LogP contribution in [0.15, 0.2) is 24.3 Å². The Balaban J connectivity index is 2.47. The topological polar surface area (TPSA) is 65.4 Å². The Morgan fingerprint density at radius 2 is 1.95 bits per heavy atom. The summed E-state index contributed by atoms with van der Waals surface area (Å²) in [5.74, 6) is 0.793. The quantitative estimate of drug-likeness (QED) is 0.794. The summed E-state index contributed by atoms with van der Waals surface area (Å²) >= 11 is 0. The van der Waals surface area contributed by atoms with Crippen LogP contribution in [0.2, 0.25) is 0 Å². The Labute approximate surface area is 126 Å². The molecule has 1 rings (SSSR count). The van der Waals surface area contributed by atoms with Crippen molar-refractivity contribution in [2.45, 2.75) is 33.4 Å². The monoisotopic (exact) mass is 289 g/mol. The van der Waals surface area contributed by atoms with E-state index in [1.807, 2.05) is 56.0 Å². The summed E-state index contributed by atoms with van der Waals surface area (Å²) in [6.07, 6.45) is 0. The largest absolute Gasteiger partial charge is 0.479 e. The highest BCUT2D eigenvalue weighted by Crippen LogP contribution is 2.12. The number of amides is 1. The lowest BCUT2D eigenvalue weighted by Crippen LogP contribution is -2.44. The van der Waals surface area contributed by atoms with E-state index in [4.69, 9.17) is 10.00 Å². The maximum atomic E-state index is 12.1. The molecule has 0 aromatic heterocycles. The smallest absolute Gasteiger partial charge is 0.239 e. The van der Waals surface area contributed by atoms with Crippen LogP contribution in [0.4, 0.5) is 0 Å². The van der Waals surface area contributed by atoms with Crippen LogP contribution in [0, 0.1) is 11.3 Å². The van der Waals surface area contributed by atoms with Gasteiger partial charge >= 0.3 is 0 Å². The number of hydrogen-bond donors (Lipinski definition) is 1. The van der Waals surface area contributed by atoms with E-state index in [2.05, 4.69) is 5.32 Å². The number of rotatable bonds is 8. The zero-order valence-corrected chi connectivity index (χ0v) is 12.9. The summed E-state index contributed by atoms with van der Waals surface area (Å²) in [7, 11) is 0. The van der Waals surface area contributed by atoms with Crippen LogP contribution in [-0.2, 0) is 11.3 Å². The van der Waals surface area contributed by atoms with Gasteiger partial charge in [-0.05, 0) is 38.5 Å². The molecular formula is C16H23N3O2. The molecular weight excluding hydrogens is 266 g/mol. The van der Waals surface area contributed by atoms with Gasteiger partial charge in [0, 0.05) is 19.6 Å². The van der Waals surface area contributed by atoms with Gasteiger partial charge in [0.05, 0.1) is 6.04 Å². The van der Waals surface area contributed by atoms with Crippen LogP contribution >= 0.6 is 0 Å². The average Bonchev–Trinajstić information content (AvgIpc) is 2.52. The van der Waals surface area contributed by atoms with Gasteiger partial charge in [-0.2, -0.15) is 5.26 Å². The summed E-state index contributed by atoms with van der Waals surface area (Å²) in [5, 5.41) is 11.7. The highest BCUT2D eigenvalue weighted by Gasteiger charge is 2.17. The first-order valence-corrected chi connectivity index (χ1v) is 7.23. The lowest BCUT2D eigenvalue weighted by atomic mass is 10.2. The van der Waals surface area contributed by atoms with E-state index in [-0.39, 0.29) is 18.6 Å². The first kappa shape index (κ1) is 17.0. The van der Waals surface area contributed by atoms with Crippen molar-refractivity contribution in [2.24, 2.45) is 0 Å².